The number of hydrogen-bond acceptors (Lipinski definition) is 3. The summed E-state index contributed by atoms with van der Waals surface area (Å²) in [6, 6.07) is -0.539. The van der Waals surface area contributed by atoms with Gasteiger partial charge >= 0.3 is 6.03 Å². The van der Waals surface area contributed by atoms with Crippen molar-refractivity contribution in [2.45, 2.75) is 58.8 Å². The monoisotopic (exact) mass is 280 g/mol. The maximum atomic E-state index is 12.7. The van der Waals surface area contributed by atoms with E-state index in [0.717, 1.165) is 32.1 Å². The fourth-order valence-electron chi connectivity index (χ4n) is 3.30. The van der Waals surface area contributed by atoms with Crippen molar-refractivity contribution in [3.8, 4) is 0 Å². The second-order valence-corrected chi connectivity index (χ2v) is 6.00. The Kier molecular flexibility index (Phi) is 4.45. The maximum Gasteiger partial charge on any atom is 0.330 e. The van der Waals surface area contributed by atoms with Crippen LogP contribution in [0, 0.1) is 11.3 Å². The van der Waals surface area contributed by atoms with Crippen LogP contribution in [0.2, 0.25) is 0 Å². The molecule has 1 spiro atoms. The van der Waals surface area contributed by atoms with E-state index >= 15 is 0 Å². The third-order valence-corrected chi connectivity index (χ3v) is 4.86. The molecule has 1 aliphatic carbocycles. The molecule has 5 nitrogen and oxygen atoms in total. The molecule has 0 radical (unpaired) electrons. The van der Waals surface area contributed by atoms with Crippen molar-refractivity contribution in [3.05, 3.63) is 0 Å². The molecule has 0 unspecified atom stereocenters. The zero-order valence-corrected chi connectivity index (χ0v) is 12.4. The van der Waals surface area contributed by atoms with Crippen LogP contribution in [0.3, 0.4) is 0 Å². The Morgan fingerprint density at radius 2 is 1.70 bits per heavy atom. The summed E-state index contributed by atoms with van der Waals surface area (Å²) in [6.07, 6.45) is 5.82. The number of nitrogens with zero attached hydrogens (tertiary/aromatic N) is 1. The summed E-state index contributed by atoms with van der Waals surface area (Å²) in [4.78, 5) is 38.2. The maximum absolute atomic E-state index is 12.7. The Morgan fingerprint density at radius 1 is 1.10 bits per heavy atom. The van der Waals surface area contributed by atoms with Crippen LogP contribution in [0.4, 0.5) is 4.79 Å². The normalized spacial score (nSPS) is 22.6. The highest BCUT2D eigenvalue weighted by Gasteiger charge is 2.53. The van der Waals surface area contributed by atoms with Crippen LogP contribution >= 0.6 is 0 Å². The van der Waals surface area contributed by atoms with E-state index in [1.807, 2.05) is 0 Å². The SMILES string of the molecule is CCC(CC)CN1C(=O)NC(=O)C2(CCCCC2)C1=O. The molecule has 1 N–H and O–H groups in total. The van der Waals surface area contributed by atoms with Crippen molar-refractivity contribution < 1.29 is 14.4 Å². The van der Waals surface area contributed by atoms with Crippen LogP contribution in [0.5, 0.6) is 0 Å². The Balaban J connectivity index is 2.22. The zero-order valence-electron chi connectivity index (χ0n) is 12.4. The van der Waals surface area contributed by atoms with Gasteiger partial charge < -0.3 is 0 Å². The summed E-state index contributed by atoms with van der Waals surface area (Å²) in [7, 11) is 0. The van der Waals surface area contributed by atoms with E-state index in [9.17, 15) is 14.4 Å². The average Bonchev–Trinajstić information content (AvgIpc) is 2.47. The molecule has 1 heterocycles. The number of carbonyl (C=O) groups excluding carboxylic acids is 3. The van der Waals surface area contributed by atoms with Gasteiger partial charge in [0.05, 0.1) is 0 Å². The van der Waals surface area contributed by atoms with E-state index in [2.05, 4.69) is 19.2 Å². The molecule has 1 aliphatic heterocycles. The second kappa shape index (κ2) is 5.94. The Bertz CT molecular complexity index is 409. The molecular weight excluding hydrogens is 256 g/mol. The van der Waals surface area contributed by atoms with Crippen molar-refractivity contribution >= 4 is 17.8 Å². The first kappa shape index (κ1) is 15.0. The summed E-state index contributed by atoms with van der Waals surface area (Å²) in [6.45, 7) is 4.54. The van der Waals surface area contributed by atoms with Gasteiger partial charge in [-0.1, -0.05) is 46.0 Å². The van der Waals surface area contributed by atoms with Gasteiger partial charge in [0, 0.05) is 6.54 Å². The van der Waals surface area contributed by atoms with Crippen LogP contribution in [-0.2, 0) is 9.59 Å². The molecular formula is C15H24N2O3. The topological polar surface area (TPSA) is 66.5 Å². The van der Waals surface area contributed by atoms with Gasteiger partial charge in [0.15, 0.2) is 0 Å². The third kappa shape index (κ3) is 2.45. The third-order valence-electron chi connectivity index (χ3n) is 4.86. The van der Waals surface area contributed by atoms with Crippen molar-refractivity contribution in [2.75, 3.05) is 6.54 Å². The van der Waals surface area contributed by atoms with Crippen molar-refractivity contribution in [1.82, 2.24) is 10.2 Å². The van der Waals surface area contributed by atoms with E-state index in [0.29, 0.717) is 25.3 Å². The average molecular weight is 280 g/mol. The lowest BCUT2D eigenvalue weighted by atomic mass is 9.71. The summed E-state index contributed by atoms with van der Waals surface area (Å²) >= 11 is 0. The molecule has 0 bridgehead atoms. The molecule has 2 rings (SSSR count). The molecule has 2 fully saturated rings. The van der Waals surface area contributed by atoms with Crippen molar-refractivity contribution in [2.24, 2.45) is 11.3 Å². The molecule has 0 aromatic carbocycles. The Morgan fingerprint density at radius 3 is 2.25 bits per heavy atom. The lowest BCUT2D eigenvalue weighted by Crippen LogP contribution is -2.64. The van der Waals surface area contributed by atoms with E-state index in [1.165, 1.54) is 4.90 Å². The standard InChI is InChI=1S/C15H24N2O3/c1-3-11(4-2)10-17-13(19)15(8-6-5-7-9-15)12(18)16-14(17)20/h11H,3-10H2,1-2H3,(H,16,18,20). The van der Waals surface area contributed by atoms with Gasteiger partial charge in [-0.15, -0.1) is 0 Å². The summed E-state index contributed by atoms with van der Waals surface area (Å²) in [5.41, 5.74) is -0.974. The molecule has 0 aromatic rings. The predicted octanol–water partition coefficient (Wildman–Crippen LogP) is 2.45. The largest absolute Gasteiger partial charge is 0.330 e. The second-order valence-electron chi connectivity index (χ2n) is 6.00. The molecule has 0 atom stereocenters. The Labute approximate surface area is 120 Å². The minimum atomic E-state index is -0.974. The van der Waals surface area contributed by atoms with Gasteiger partial charge in [0.25, 0.3) is 0 Å². The first-order valence-corrected chi connectivity index (χ1v) is 7.72. The number of barbiturate groups is 1. The molecule has 2 aliphatic rings. The minimum absolute atomic E-state index is 0.266. The van der Waals surface area contributed by atoms with Gasteiger partial charge in [-0.05, 0) is 18.8 Å². The van der Waals surface area contributed by atoms with Gasteiger partial charge in [0.2, 0.25) is 11.8 Å². The molecule has 5 heteroatoms. The van der Waals surface area contributed by atoms with E-state index in [1.54, 1.807) is 0 Å². The van der Waals surface area contributed by atoms with Gasteiger partial charge in [-0.25, -0.2) is 4.79 Å². The molecule has 0 aromatic heterocycles. The van der Waals surface area contributed by atoms with Crippen LogP contribution in [-0.4, -0.2) is 29.3 Å². The van der Waals surface area contributed by atoms with Crippen molar-refractivity contribution in [3.63, 3.8) is 0 Å². The number of hydrogen-bond donors (Lipinski definition) is 1. The molecule has 4 amide bonds. The quantitative estimate of drug-likeness (QED) is 0.804. The van der Waals surface area contributed by atoms with E-state index in [4.69, 9.17) is 0 Å². The highest BCUT2D eigenvalue weighted by Crippen LogP contribution is 2.40. The highest BCUT2D eigenvalue weighted by molar-refractivity contribution is 6.19. The van der Waals surface area contributed by atoms with Gasteiger partial charge in [-0.3, -0.25) is 19.8 Å². The first-order chi connectivity index (χ1) is 9.55. The fourth-order valence-corrected chi connectivity index (χ4v) is 3.30. The summed E-state index contributed by atoms with van der Waals surface area (Å²) in [5, 5.41) is 2.40. The number of nitrogens with one attached hydrogen (secondary N) is 1. The number of urea groups is 1. The predicted molar refractivity (Wildman–Crippen MR) is 74.8 cm³/mol. The highest BCUT2D eigenvalue weighted by atomic mass is 16.2. The lowest BCUT2D eigenvalue weighted by molar-refractivity contribution is -0.154. The van der Waals surface area contributed by atoms with Crippen molar-refractivity contribution in [1.29, 1.82) is 0 Å². The van der Waals surface area contributed by atoms with Gasteiger partial charge in [0.1, 0.15) is 5.41 Å². The molecule has 1 saturated carbocycles. The Hall–Kier alpha value is -1.39. The first-order valence-electron chi connectivity index (χ1n) is 7.72. The number of amides is 4. The summed E-state index contributed by atoms with van der Waals surface area (Å²) < 4.78 is 0. The minimum Gasteiger partial charge on any atom is -0.277 e. The summed E-state index contributed by atoms with van der Waals surface area (Å²) in [5.74, 6) is -0.343. The van der Waals surface area contributed by atoms with Gasteiger partial charge in [-0.2, -0.15) is 0 Å². The van der Waals surface area contributed by atoms with Crippen LogP contribution in [0.15, 0.2) is 0 Å². The molecule has 112 valence electrons. The molecule has 20 heavy (non-hydrogen) atoms. The van der Waals surface area contributed by atoms with Crippen LogP contribution in [0.25, 0.3) is 0 Å². The number of rotatable bonds is 4. The molecule has 1 saturated heterocycles. The zero-order chi connectivity index (χ0) is 14.8. The lowest BCUT2D eigenvalue weighted by Gasteiger charge is -2.42. The van der Waals surface area contributed by atoms with E-state index < -0.39 is 11.4 Å². The fraction of sp³-hybridized carbons (Fsp3) is 0.800. The van der Waals surface area contributed by atoms with Crippen LogP contribution in [0.1, 0.15) is 58.8 Å². The smallest absolute Gasteiger partial charge is 0.277 e. The van der Waals surface area contributed by atoms with E-state index in [-0.39, 0.29) is 11.8 Å². The number of carbonyl (C=O) groups is 3. The number of imide groups is 2. The van der Waals surface area contributed by atoms with Crippen LogP contribution < -0.4 is 5.32 Å².